The van der Waals surface area contributed by atoms with Gasteiger partial charge >= 0.3 is 13.6 Å². The Labute approximate surface area is 127 Å². The van der Waals surface area contributed by atoms with E-state index in [1.165, 1.54) is 0 Å². The summed E-state index contributed by atoms with van der Waals surface area (Å²) in [6.07, 6.45) is 0.793. The molecule has 6 nitrogen and oxygen atoms in total. The van der Waals surface area contributed by atoms with Gasteiger partial charge in [-0.3, -0.25) is 9.36 Å². The van der Waals surface area contributed by atoms with Gasteiger partial charge in [-0.25, -0.2) is 0 Å². The first kappa shape index (κ1) is 20.6. The van der Waals surface area contributed by atoms with E-state index in [1.54, 1.807) is 34.6 Å². The Balaban J connectivity index is 4.95. The lowest BCUT2D eigenvalue weighted by Gasteiger charge is -2.26. The van der Waals surface area contributed by atoms with Gasteiger partial charge in [0, 0.05) is 6.61 Å². The van der Waals surface area contributed by atoms with Crippen molar-refractivity contribution in [3.8, 4) is 0 Å². The van der Waals surface area contributed by atoms with E-state index < -0.39 is 25.1 Å². The molecule has 1 atom stereocenters. The summed E-state index contributed by atoms with van der Waals surface area (Å²) in [6, 6.07) is 0. The van der Waals surface area contributed by atoms with Crippen LogP contribution in [0, 0.1) is 5.92 Å². The monoisotopic (exact) mass is 324 g/mol. The van der Waals surface area contributed by atoms with Crippen molar-refractivity contribution in [3.05, 3.63) is 0 Å². The molecule has 0 amide bonds. The SMILES string of the molecule is CCOP(=O)(CC(CCCO)C(=O)OC(C)(C)C)OCC. The minimum Gasteiger partial charge on any atom is -0.460 e. The number of hydrogen-bond acceptors (Lipinski definition) is 6. The zero-order valence-corrected chi connectivity index (χ0v) is 14.7. The molecule has 0 aromatic carbocycles. The molecule has 0 bridgehead atoms. The van der Waals surface area contributed by atoms with Crippen molar-refractivity contribution in [1.29, 1.82) is 0 Å². The largest absolute Gasteiger partial charge is 0.460 e. The number of aliphatic hydroxyl groups excluding tert-OH is 1. The predicted molar refractivity (Wildman–Crippen MR) is 81.4 cm³/mol. The Kier molecular flexibility index (Phi) is 9.38. The quantitative estimate of drug-likeness (QED) is 0.491. The number of rotatable bonds is 10. The first-order valence-corrected chi connectivity index (χ1v) is 9.12. The van der Waals surface area contributed by atoms with Crippen LogP contribution in [0.3, 0.4) is 0 Å². The van der Waals surface area contributed by atoms with Gasteiger partial charge in [-0.2, -0.15) is 0 Å². The van der Waals surface area contributed by atoms with E-state index in [2.05, 4.69) is 0 Å². The molecule has 126 valence electrons. The van der Waals surface area contributed by atoms with E-state index >= 15 is 0 Å². The topological polar surface area (TPSA) is 82.1 Å². The summed E-state index contributed by atoms with van der Waals surface area (Å²) in [4.78, 5) is 12.2. The summed E-state index contributed by atoms with van der Waals surface area (Å²) < 4.78 is 28.3. The van der Waals surface area contributed by atoms with Gasteiger partial charge in [0.15, 0.2) is 0 Å². The molecule has 0 saturated carbocycles. The van der Waals surface area contributed by atoms with E-state index in [0.29, 0.717) is 12.8 Å². The molecule has 1 unspecified atom stereocenters. The van der Waals surface area contributed by atoms with Gasteiger partial charge in [0.05, 0.1) is 25.3 Å². The third-order valence-electron chi connectivity index (χ3n) is 2.55. The molecule has 7 heteroatoms. The van der Waals surface area contributed by atoms with E-state index in [4.69, 9.17) is 18.9 Å². The Hall–Kier alpha value is -0.420. The molecular weight excluding hydrogens is 295 g/mol. The number of ether oxygens (including phenoxy) is 1. The maximum Gasteiger partial charge on any atom is 0.331 e. The summed E-state index contributed by atoms with van der Waals surface area (Å²) in [6.45, 7) is 9.24. The minimum atomic E-state index is -3.32. The second-order valence-electron chi connectivity index (χ2n) is 5.73. The van der Waals surface area contributed by atoms with Crippen LogP contribution in [0.15, 0.2) is 0 Å². The van der Waals surface area contributed by atoms with Crippen LogP contribution in [0.2, 0.25) is 0 Å². The van der Waals surface area contributed by atoms with Crippen molar-refractivity contribution >= 4 is 13.6 Å². The van der Waals surface area contributed by atoms with Crippen LogP contribution in [0.1, 0.15) is 47.5 Å². The van der Waals surface area contributed by atoms with Crippen LogP contribution in [0.5, 0.6) is 0 Å². The van der Waals surface area contributed by atoms with Crippen LogP contribution in [-0.2, 0) is 23.1 Å². The standard InChI is InChI=1S/C14H29O6P/c1-6-18-21(17,19-7-2)11-12(9-8-10-15)13(16)20-14(3,4)5/h12,15H,6-11H2,1-5H3. The van der Waals surface area contributed by atoms with Crippen LogP contribution in [-0.4, -0.2) is 42.7 Å². The molecule has 0 aliphatic carbocycles. The zero-order chi connectivity index (χ0) is 16.5. The van der Waals surface area contributed by atoms with Gasteiger partial charge < -0.3 is 18.9 Å². The van der Waals surface area contributed by atoms with Crippen LogP contribution in [0.4, 0.5) is 0 Å². The van der Waals surface area contributed by atoms with Gasteiger partial charge in [-0.05, 0) is 47.5 Å². The number of carbonyl (C=O) groups excluding carboxylic acids is 1. The predicted octanol–water partition coefficient (Wildman–Crippen LogP) is 2.98. The average Bonchev–Trinajstić information content (AvgIpc) is 2.32. The molecule has 0 saturated heterocycles. The molecule has 0 radical (unpaired) electrons. The highest BCUT2D eigenvalue weighted by Gasteiger charge is 2.34. The van der Waals surface area contributed by atoms with Gasteiger partial charge in [0.2, 0.25) is 0 Å². The second-order valence-corrected chi connectivity index (χ2v) is 7.83. The van der Waals surface area contributed by atoms with Gasteiger partial charge in [-0.15, -0.1) is 0 Å². The zero-order valence-electron chi connectivity index (χ0n) is 13.8. The summed E-state index contributed by atoms with van der Waals surface area (Å²) in [5, 5.41) is 8.95. The van der Waals surface area contributed by atoms with Crippen molar-refractivity contribution in [3.63, 3.8) is 0 Å². The fourth-order valence-electron chi connectivity index (χ4n) is 1.81. The van der Waals surface area contributed by atoms with E-state index in [1.807, 2.05) is 0 Å². The first-order valence-electron chi connectivity index (χ1n) is 7.39. The Morgan fingerprint density at radius 3 is 2.10 bits per heavy atom. The van der Waals surface area contributed by atoms with Crippen LogP contribution in [0.25, 0.3) is 0 Å². The minimum absolute atomic E-state index is 0.0242. The molecular formula is C14H29O6P. The Morgan fingerprint density at radius 1 is 1.19 bits per heavy atom. The fourth-order valence-corrected chi connectivity index (χ4v) is 3.76. The summed E-state index contributed by atoms with van der Waals surface area (Å²) >= 11 is 0. The average molecular weight is 324 g/mol. The summed E-state index contributed by atoms with van der Waals surface area (Å²) in [7, 11) is -3.32. The van der Waals surface area contributed by atoms with Gasteiger partial charge in [0.25, 0.3) is 0 Å². The highest BCUT2D eigenvalue weighted by atomic mass is 31.2. The number of hydrogen-bond donors (Lipinski definition) is 1. The molecule has 0 aliphatic rings. The Morgan fingerprint density at radius 2 is 1.71 bits per heavy atom. The van der Waals surface area contributed by atoms with Gasteiger partial charge in [-0.1, -0.05) is 0 Å². The molecule has 0 aromatic heterocycles. The molecule has 0 aliphatic heterocycles. The maximum atomic E-state index is 12.5. The third kappa shape index (κ3) is 9.25. The van der Waals surface area contributed by atoms with E-state index in [9.17, 15) is 9.36 Å². The molecule has 0 rings (SSSR count). The lowest BCUT2D eigenvalue weighted by molar-refractivity contribution is -0.159. The number of esters is 1. The molecule has 0 spiro atoms. The lowest BCUT2D eigenvalue weighted by Crippen LogP contribution is -2.31. The maximum absolute atomic E-state index is 12.5. The number of carbonyl (C=O) groups is 1. The second kappa shape index (κ2) is 9.57. The summed E-state index contributed by atoms with van der Waals surface area (Å²) in [5.41, 5.74) is -0.615. The van der Waals surface area contributed by atoms with Crippen LogP contribution < -0.4 is 0 Å². The summed E-state index contributed by atoms with van der Waals surface area (Å²) in [5.74, 6) is -1.05. The molecule has 1 N–H and O–H groups in total. The highest BCUT2D eigenvalue weighted by Crippen LogP contribution is 2.50. The highest BCUT2D eigenvalue weighted by molar-refractivity contribution is 7.53. The van der Waals surface area contributed by atoms with Crippen molar-refractivity contribution in [2.24, 2.45) is 5.92 Å². The van der Waals surface area contributed by atoms with Crippen molar-refractivity contribution < 1.29 is 28.3 Å². The molecule has 21 heavy (non-hydrogen) atoms. The van der Waals surface area contributed by atoms with Crippen molar-refractivity contribution in [2.45, 2.75) is 53.1 Å². The van der Waals surface area contributed by atoms with Crippen molar-refractivity contribution in [1.82, 2.24) is 0 Å². The normalized spacial score (nSPS) is 14.0. The van der Waals surface area contributed by atoms with Gasteiger partial charge in [0.1, 0.15) is 5.60 Å². The third-order valence-corrected chi connectivity index (χ3v) is 4.74. The van der Waals surface area contributed by atoms with E-state index in [-0.39, 0.29) is 26.0 Å². The first-order chi connectivity index (χ1) is 9.67. The van der Waals surface area contributed by atoms with Crippen molar-refractivity contribution in [2.75, 3.05) is 26.0 Å². The lowest BCUT2D eigenvalue weighted by atomic mass is 10.1. The molecule has 0 fully saturated rings. The smallest absolute Gasteiger partial charge is 0.331 e. The molecule has 0 heterocycles. The van der Waals surface area contributed by atoms with Crippen LogP contribution >= 0.6 is 7.60 Å². The molecule has 0 aromatic rings. The Bertz CT molecular complexity index is 340. The van der Waals surface area contributed by atoms with E-state index in [0.717, 1.165) is 0 Å². The fraction of sp³-hybridized carbons (Fsp3) is 0.929. The number of aliphatic hydroxyl groups is 1.